The van der Waals surface area contributed by atoms with Crippen LogP contribution in [0, 0.1) is 0 Å². The number of carbonyl (C=O) groups excluding carboxylic acids is 9. The van der Waals surface area contributed by atoms with Crippen LogP contribution in [0.25, 0.3) is 10.9 Å². The number of phenols is 1. The van der Waals surface area contributed by atoms with E-state index in [0.29, 0.717) is 51.7 Å². The average Bonchev–Trinajstić information content (AvgIpc) is 1.58. The smallest absolute Gasteiger partial charge is 0.327 e. The molecule has 5 aromatic carbocycles. The molecule has 26 nitrogen and oxygen atoms in total. The topological polar surface area (TPSA) is 420 Å². The Balaban J connectivity index is 1.33. The van der Waals surface area contributed by atoms with Crippen LogP contribution in [0.4, 0.5) is 4.79 Å². The van der Waals surface area contributed by atoms with E-state index < -0.39 is 120 Å². The van der Waals surface area contributed by atoms with E-state index in [9.17, 15) is 44.1 Å². The Labute approximate surface area is 564 Å². The number of aliphatic carboxylic acids is 1. The lowest BCUT2D eigenvalue weighted by atomic mass is 9.99. The van der Waals surface area contributed by atoms with E-state index in [1.165, 1.54) is 31.2 Å². The number of hydrogen-bond donors (Lipinski definition) is 16. The van der Waals surface area contributed by atoms with Gasteiger partial charge in [0.1, 0.15) is 60.1 Å². The molecule has 7 rings (SSSR count). The van der Waals surface area contributed by atoms with E-state index >= 15 is 19.2 Å². The number of hydrogen-bond acceptors (Lipinski definition) is 16. The van der Waals surface area contributed by atoms with Gasteiger partial charge in [0.2, 0.25) is 47.3 Å². The highest BCUT2D eigenvalue weighted by Crippen LogP contribution is 2.25. The van der Waals surface area contributed by atoms with Crippen molar-refractivity contribution in [1.29, 1.82) is 0 Å². The number of aromatic amines is 1. The number of nitrogens with two attached hydrogens (primary N) is 2. The van der Waals surface area contributed by atoms with E-state index in [1.807, 2.05) is 44.2 Å². The fourth-order valence-electron chi connectivity index (χ4n) is 10.6. The summed E-state index contributed by atoms with van der Waals surface area (Å²) in [5, 5.41) is 59.8. The first kappa shape index (κ1) is 73.9. The van der Waals surface area contributed by atoms with Gasteiger partial charge in [-0.2, -0.15) is 0 Å². The number of H-pyrrole nitrogens is 1. The number of benzene rings is 5. The SMILES string of the molecule is CC(C)NCc1ccc(C[C@@H]2NC(=O)[C@H](Cc3ccccc3)NC(=O)[C@@H](NC(=O)[C@H](Cc3ccc(O)cc3)NC(N)=O)CSSC[C@@H](C(=O)O)NC(=O)[C@H](Cc3ccccc3)NC(=O)[C@H]([C@@H](C)O)NC(=O)[C@H](CCCCN)NC(=O)[C@@H](Cc3c[nH]c4ccccc34)NC2=O)cc1. The molecule has 0 saturated carbocycles. The van der Waals surface area contributed by atoms with Gasteiger partial charge in [-0.1, -0.05) is 151 Å². The van der Waals surface area contributed by atoms with Gasteiger partial charge in [0, 0.05) is 73.3 Å². The molecule has 0 bridgehead atoms. The summed E-state index contributed by atoms with van der Waals surface area (Å²) in [4.78, 5) is 147. The van der Waals surface area contributed by atoms with Crippen LogP contribution in [0.15, 0.2) is 140 Å². The van der Waals surface area contributed by atoms with E-state index in [1.54, 1.807) is 85.1 Å². The number of carboxylic acids is 1. The number of nitrogens with one attached hydrogen (secondary N) is 11. The summed E-state index contributed by atoms with van der Waals surface area (Å²) in [7, 11) is 1.78. The number of unbranched alkanes of at least 4 members (excludes halogenated alkanes) is 1. The van der Waals surface area contributed by atoms with Crippen LogP contribution in [0.3, 0.4) is 0 Å². The van der Waals surface area contributed by atoms with Crippen molar-refractivity contribution in [3.05, 3.63) is 173 Å². The lowest BCUT2D eigenvalue weighted by molar-refractivity contribution is -0.141. The van der Waals surface area contributed by atoms with Gasteiger partial charge >= 0.3 is 12.0 Å². The van der Waals surface area contributed by atoms with Crippen molar-refractivity contribution < 1.29 is 63.3 Å². The zero-order valence-corrected chi connectivity index (χ0v) is 55.1. The van der Waals surface area contributed by atoms with Crippen LogP contribution >= 0.6 is 21.6 Å². The summed E-state index contributed by atoms with van der Waals surface area (Å²) in [5.41, 5.74) is 15.8. The van der Waals surface area contributed by atoms with Gasteiger partial charge in [-0.05, 0) is 84.3 Å². The Morgan fingerprint density at radius 2 is 1.05 bits per heavy atom. The molecule has 0 unspecified atom stereocenters. The first-order chi connectivity index (χ1) is 46.0. The van der Waals surface area contributed by atoms with Crippen LogP contribution in [0.2, 0.25) is 0 Å². The fraction of sp³-hybridized carbons (Fsp3) is 0.382. The van der Waals surface area contributed by atoms with Crippen molar-refractivity contribution in [2.75, 3.05) is 18.1 Å². The van der Waals surface area contributed by atoms with E-state index in [-0.39, 0.29) is 74.8 Å². The third-order valence-electron chi connectivity index (χ3n) is 15.8. The second-order valence-corrected chi connectivity index (χ2v) is 26.3. The standard InChI is InChI=1S/C68H85N13O13S2/c1-39(2)71-35-45-23-21-43(22-24-45)32-52-61(86)76-55(34-46-36-72-49-19-11-10-18-48(46)49)64(89)73-50(20-12-13-29-69)59(84)81-58(40(3)82)66(91)77-53(31-42-16-8-5-9-17-42)62(87)79-57(67(92)93)38-96-95-37-56(65(90)75-51(60(85)74-52)30-41-14-6-4-7-15-41)78-63(88)54(80-68(70)94)33-44-25-27-47(83)28-26-44/h4-11,14-19,21-28,36,39-40,50-58,71-72,82-83H,12-13,20,29-35,37-38,69H2,1-3H3,(H,73,89)(H,74,85)(H,75,90)(H,76,86)(H,77,91)(H,78,88)(H,79,87)(H,81,84)(H,92,93)(H3,70,80,94)/t40-,50+,51+,52+,53+,54+,55-,56+,57+,58+/m1/s1. The summed E-state index contributed by atoms with van der Waals surface area (Å²) >= 11 is 0. The minimum Gasteiger partial charge on any atom is -0.508 e. The molecule has 10 amide bonds. The number of fused-ring (bicyclic) bond motifs is 1. The molecule has 2 heterocycles. The molecule has 6 aromatic rings. The largest absolute Gasteiger partial charge is 0.508 e. The van der Waals surface area contributed by atoms with Crippen molar-refractivity contribution in [3.8, 4) is 5.75 Å². The maximum absolute atomic E-state index is 15.4. The molecule has 10 atom stereocenters. The number of aliphatic hydroxyl groups excluding tert-OH is 1. The van der Waals surface area contributed by atoms with Crippen molar-refractivity contribution in [3.63, 3.8) is 0 Å². The maximum Gasteiger partial charge on any atom is 0.327 e. The van der Waals surface area contributed by atoms with Crippen LogP contribution in [0.1, 0.15) is 73.4 Å². The predicted octanol–water partition coefficient (Wildman–Crippen LogP) is 1.79. The number of aliphatic hydroxyl groups is 1. The molecule has 512 valence electrons. The van der Waals surface area contributed by atoms with Gasteiger partial charge in [0.05, 0.1) is 6.10 Å². The van der Waals surface area contributed by atoms with E-state index in [0.717, 1.165) is 27.2 Å². The van der Waals surface area contributed by atoms with Crippen molar-refractivity contribution >= 4 is 91.7 Å². The predicted molar refractivity (Wildman–Crippen MR) is 365 cm³/mol. The summed E-state index contributed by atoms with van der Waals surface area (Å²) in [6, 6.07) is 22.6. The molecule has 28 heteroatoms. The number of carboxylic acid groups (broad SMARTS) is 1. The molecule has 0 spiro atoms. The third-order valence-corrected chi connectivity index (χ3v) is 18.2. The molecule has 1 saturated heterocycles. The summed E-state index contributed by atoms with van der Waals surface area (Å²) < 4.78 is 0. The first-order valence-corrected chi connectivity index (χ1v) is 34.1. The molecule has 1 aliphatic heterocycles. The van der Waals surface area contributed by atoms with Gasteiger partial charge in [-0.3, -0.25) is 38.4 Å². The molecular weight excluding hydrogens is 1270 g/mol. The molecule has 1 aromatic heterocycles. The zero-order chi connectivity index (χ0) is 69.3. The van der Waals surface area contributed by atoms with Crippen LogP contribution in [-0.4, -0.2) is 164 Å². The Hall–Kier alpha value is -9.48. The minimum atomic E-state index is -1.77. The lowest BCUT2D eigenvalue weighted by Crippen LogP contribution is -2.62. The Morgan fingerprint density at radius 3 is 1.61 bits per heavy atom. The minimum absolute atomic E-state index is 0.0480. The highest BCUT2D eigenvalue weighted by Gasteiger charge is 2.38. The Kier molecular flexibility index (Phi) is 28.5. The second kappa shape index (κ2) is 37.0. The second-order valence-electron chi connectivity index (χ2n) is 23.8. The summed E-state index contributed by atoms with van der Waals surface area (Å²) in [5.74, 6) is -9.69. The van der Waals surface area contributed by atoms with E-state index in [4.69, 9.17) is 11.5 Å². The molecule has 1 fully saturated rings. The van der Waals surface area contributed by atoms with Gasteiger partial charge < -0.3 is 84.9 Å². The quantitative estimate of drug-likeness (QED) is 0.0340. The summed E-state index contributed by atoms with van der Waals surface area (Å²) in [6.45, 7) is 5.97. The monoisotopic (exact) mass is 1360 g/mol. The number of rotatable bonds is 22. The molecule has 0 radical (unpaired) electrons. The highest BCUT2D eigenvalue weighted by atomic mass is 33.1. The van der Waals surface area contributed by atoms with Gasteiger partial charge in [-0.15, -0.1) is 0 Å². The third kappa shape index (κ3) is 23.2. The fourth-order valence-corrected chi connectivity index (χ4v) is 12.9. The van der Waals surface area contributed by atoms with Crippen molar-refractivity contribution in [1.82, 2.24) is 58.2 Å². The normalized spacial score (nSPS) is 21.4. The van der Waals surface area contributed by atoms with Crippen molar-refractivity contribution in [2.24, 2.45) is 11.5 Å². The van der Waals surface area contributed by atoms with Crippen LogP contribution < -0.4 is 64.6 Å². The number of phenolic OH excluding ortho intramolecular Hbond substituents is 1. The average molecular weight is 1360 g/mol. The van der Waals surface area contributed by atoms with Crippen molar-refractivity contribution in [2.45, 2.75) is 145 Å². The molecule has 96 heavy (non-hydrogen) atoms. The number of aromatic hydroxyl groups is 1. The Bertz CT molecular complexity index is 3600. The first-order valence-electron chi connectivity index (χ1n) is 31.6. The maximum atomic E-state index is 15.4. The Morgan fingerprint density at radius 1 is 0.562 bits per heavy atom. The number of primary amides is 1. The molecule has 18 N–H and O–H groups in total. The molecular formula is C68H85N13O13S2. The number of aromatic nitrogens is 1. The van der Waals surface area contributed by atoms with Gasteiger partial charge in [0.25, 0.3) is 0 Å². The number of amides is 10. The van der Waals surface area contributed by atoms with Gasteiger partial charge in [0.15, 0.2) is 0 Å². The molecule has 1 aliphatic rings. The zero-order valence-electron chi connectivity index (χ0n) is 53.5. The van der Waals surface area contributed by atoms with Crippen LogP contribution in [-0.2, 0) is 81.8 Å². The van der Waals surface area contributed by atoms with E-state index in [2.05, 4.69) is 58.2 Å². The number of para-hydroxylation sites is 1. The van der Waals surface area contributed by atoms with Gasteiger partial charge in [-0.25, -0.2) is 9.59 Å². The van der Waals surface area contributed by atoms with Crippen LogP contribution in [0.5, 0.6) is 5.75 Å². The lowest BCUT2D eigenvalue weighted by Gasteiger charge is -2.29. The number of carbonyl (C=O) groups is 10. The number of urea groups is 1. The summed E-state index contributed by atoms with van der Waals surface area (Å²) in [6.07, 6.45) is -0.214. The molecule has 0 aliphatic carbocycles. The highest BCUT2D eigenvalue weighted by molar-refractivity contribution is 8.76.